The van der Waals surface area contributed by atoms with Crippen molar-refractivity contribution in [3.8, 4) is 5.69 Å². The van der Waals surface area contributed by atoms with Gasteiger partial charge in [-0.1, -0.05) is 36.4 Å². The van der Waals surface area contributed by atoms with Crippen molar-refractivity contribution in [2.24, 2.45) is 0 Å². The number of carbonyl (C=O) groups excluding carboxylic acids is 1. The Kier molecular flexibility index (Phi) is 5.76. The van der Waals surface area contributed by atoms with Gasteiger partial charge in [0.15, 0.2) is 11.5 Å². The number of pyridine rings is 1. The number of nitrogens with one attached hydrogen (secondary N) is 2. The minimum absolute atomic E-state index is 0.0871. The van der Waals surface area contributed by atoms with Gasteiger partial charge in [-0.05, 0) is 49.2 Å². The first kappa shape index (κ1) is 22.3. The van der Waals surface area contributed by atoms with Gasteiger partial charge in [-0.15, -0.1) is 5.10 Å². The molecule has 176 valence electrons. The summed E-state index contributed by atoms with van der Waals surface area (Å²) in [6.07, 6.45) is 3.26. The predicted octanol–water partition coefficient (Wildman–Crippen LogP) is 2.83. The minimum atomic E-state index is -0.522. The number of fused-ring (bicyclic) bond motifs is 2. The molecule has 0 unspecified atom stereocenters. The fraction of sp³-hybridized carbons (Fsp3) is 0.154. The van der Waals surface area contributed by atoms with Crippen LogP contribution in [0.5, 0.6) is 0 Å². The number of nitrogens with zero attached hydrogens (tertiary/aromatic N) is 4. The maximum absolute atomic E-state index is 13.9. The van der Waals surface area contributed by atoms with Gasteiger partial charge in [-0.2, -0.15) is 0 Å². The van der Waals surface area contributed by atoms with E-state index >= 15 is 0 Å². The fourth-order valence-electron chi connectivity index (χ4n) is 4.42. The van der Waals surface area contributed by atoms with Crippen molar-refractivity contribution in [3.63, 3.8) is 0 Å². The molecule has 9 heteroatoms. The first-order valence-corrected chi connectivity index (χ1v) is 11.3. The lowest BCUT2D eigenvalue weighted by molar-refractivity contribution is 0.0941. The van der Waals surface area contributed by atoms with Gasteiger partial charge in [0.1, 0.15) is 5.56 Å². The predicted molar refractivity (Wildman–Crippen MR) is 136 cm³/mol. The maximum Gasteiger partial charge on any atom is 0.263 e. The van der Waals surface area contributed by atoms with E-state index in [-0.39, 0.29) is 16.9 Å². The molecule has 0 saturated carbocycles. The van der Waals surface area contributed by atoms with E-state index in [4.69, 9.17) is 5.73 Å². The Morgan fingerprint density at radius 1 is 1.11 bits per heavy atom. The van der Waals surface area contributed by atoms with Crippen LogP contribution in [-0.4, -0.2) is 32.1 Å². The number of anilines is 1. The molecule has 0 aliphatic rings. The van der Waals surface area contributed by atoms with E-state index in [1.54, 1.807) is 23.0 Å². The molecule has 3 heterocycles. The van der Waals surface area contributed by atoms with Gasteiger partial charge in [0.2, 0.25) is 0 Å². The Labute approximate surface area is 201 Å². The second kappa shape index (κ2) is 9.03. The summed E-state index contributed by atoms with van der Waals surface area (Å²) in [6.45, 7) is 2.40. The van der Waals surface area contributed by atoms with Crippen LogP contribution in [0.25, 0.3) is 22.1 Å². The van der Waals surface area contributed by atoms with Crippen molar-refractivity contribution < 1.29 is 4.79 Å². The monoisotopic (exact) mass is 467 g/mol. The van der Waals surface area contributed by atoms with E-state index in [1.807, 2.05) is 68.6 Å². The van der Waals surface area contributed by atoms with Crippen LogP contribution < -0.4 is 21.9 Å². The average molecular weight is 468 g/mol. The number of nitrogen functional groups attached to an aromatic ring is 1. The topological polar surface area (TPSA) is 119 Å². The SMILES string of the molecule is CNCc1cccc2cc([C@H](C)NC(=O)c3c(N)nn4cccnc34)n(-c3ccccc3)c(=O)c12. The van der Waals surface area contributed by atoms with Crippen LogP contribution in [0.3, 0.4) is 0 Å². The standard InChI is InChI=1S/C26H25N7O2/c1-16(30-25(34)22-23(27)31-32-13-7-12-29-24(22)32)20-14-17-8-6-9-18(15-28-2)21(17)26(35)33(20)19-10-4-3-5-11-19/h3-14,16,28H,15H2,1-2H3,(H2,27,31)(H,30,34)/t16-/m0/s1. The van der Waals surface area contributed by atoms with Gasteiger partial charge in [0.05, 0.1) is 11.4 Å². The third-order valence-corrected chi connectivity index (χ3v) is 5.98. The number of rotatable bonds is 6. The van der Waals surface area contributed by atoms with E-state index in [9.17, 15) is 9.59 Å². The number of aromatic nitrogens is 4. The van der Waals surface area contributed by atoms with Crippen molar-refractivity contribution in [2.45, 2.75) is 19.5 Å². The highest BCUT2D eigenvalue weighted by atomic mass is 16.2. The van der Waals surface area contributed by atoms with Gasteiger partial charge < -0.3 is 16.4 Å². The molecule has 0 spiro atoms. The molecule has 2 aromatic carbocycles. The quantitative estimate of drug-likeness (QED) is 0.353. The molecule has 1 atom stereocenters. The van der Waals surface area contributed by atoms with Crippen LogP contribution in [0, 0.1) is 0 Å². The average Bonchev–Trinajstić information content (AvgIpc) is 3.20. The van der Waals surface area contributed by atoms with E-state index < -0.39 is 11.9 Å². The summed E-state index contributed by atoms with van der Waals surface area (Å²) in [4.78, 5) is 31.4. The lowest BCUT2D eigenvalue weighted by Crippen LogP contribution is -2.32. The van der Waals surface area contributed by atoms with E-state index in [0.29, 0.717) is 29.0 Å². The molecule has 0 radical (unpaired) electrons. The molecule has 1 amide bonds. The number of carbonyl (C=O) groups is 1. The zero-order chi connectivity index (χ0) is 24.5. The van der Waals surface area contributed by atoms with E-state index in [0.717, 1.165) is 10.9 Å². The van der Waals surface area contributed by atoms with Crippen LogP contribution in [0.15, 0.2) is 77.9 Å². The molecular formula is C26H25N7O2. The highest BCUT2D eigenvalue weighted by Gasteiger charge is 2.23. The molecule has 0 fully saturated rings. The van der Waals surface area contributed by atoms with Gasteiger partial charge in [-0.25, -0.2) is 9.50 Å². The number of nitrogens with two attached hydrogens (primary N) is 1. The largest absolute Gasteiger partial charge is 0.381 e. The number of hydrogen-bond acceptors (Lipinski definition) is 6. The summed E-state index contributed by atoms with van der Waals surface area (Å²) in [5.41, 5.74) is 8.73. The molecule has 4 N–H and O–H groups in total. The smallest absolute Gasteiger partial charge is 0.263 e. The highest BCUT2D eigenvalue weighted by Crippen LogP contribution is 2.24. The highest BCUT2D eigenvalue weighted by molar-refractivity contribution is 6.04. The number of hydrogen-bond donors (Lipinski definition) is 3. The molecule has 9 nitrogen and oxygen atoms in total. The van der Waals surface area contributed by atoms with Gasteiger partial charge in [0.25, 0.3) is 11.5 Å². The van der Waals surface area contributed by atoms with Crippen LogP contribution in [-0.2, 0) is 6.54 Å². The molecule has 0 saturated heterocycles. The van der Waals surface area contributed by atoms with Crippen LogP contribution in [0.1, 0.15) is 34.6 Å². The van der Waals surface area contributed by atoms with E-state index in [2.05, 4.69) is 20.7 Å². The van der Waals surface area contributed by atoms with Crippen LogP contribution >= 0.6 is 0 Å². The van der Waals surface area contributed by atoms with Crippen molar-refractivity contribution in [1.29, 1.82) is 0 Å². The molecule has 5 rings (SSSR count). The zero-order valence-electron chi connectivity index (χ0n) is 19.4. The number of amides is 1. The first-order valence-electron chi connectivity index (χ1n) is 11.3. The summed E-state index contributed by atoms with van der Waals surface area (Å²) in [5, 5.41) is 11.7. The molecule has 0 aliphatic carbocycles. The van der Waals surface area contributed by atoms with Gasteiger partial charge >= 0.3 is 0 Å². The summed E-state index contributed by atoms with van der Waals surface area (Å²) in [5.74, 6) is -0.330. The van der Waals surface area contributed by atoms with Gasteiger partial charge in [0, 0.05) is 30.3 Å². The molecule has 0 bridgehead atoms. The van der Waals surface area contributed by atoms with Crippen molar-refractivity contribution in [3.05, 3.63) is 100 Å². The Hall–Kier alpha value is -4.50. The lowest BCUT2D eigenvalue weighted by Gasteiger charge is -2.21. The molecular weight excluding hydrogens is 442 g/mol. The Bertz CT molecular complexity index is 1610. The van der Waals surface area contributed by atoms with Crippen molar-refractivity contribution >= 4 is 28.1 Å². The van der Waals surface area contributed by atoms with Crippen LogP contribution in [0.2, 0.25) is 0 Å². The third-order valence-electron chi connectivity index (χ3n) is 5.98. The minimum Gasteiger partial charge on any atom is -0.381 e. The molecule has 5 aromatic rings. The normalized spacial score (nSPS) is 12.2. The Morgan fingerprint density at radius 3 is 2.69 bits per heavy atom. The Balaban J connectivity index is 1.64. The number of benzene rings is 2. The maximum atomic E-state index is 13.9. The Morgan fingerprint density at radius 2 is 1.91 bits per heavy atom. The van der Waals surface area contributed by atoms with Crippen molar-refractivity contribution in [1.82, 2.24) is 29.8 Å². The van der Waals surface area contributed by atoms with E-state index in [1.165, 1.54) is 4.52 Å². The molecule has 0 aliphatic heterocycles. The second-order valence-electron chi connectivity index (χ2n) is 8.30. The molecule has 35 heavy (non-hydrogen) atoms. The second-order valence-corrected chi connectivity index (χ2v) is 8.30. The summed E-state index contributed by atoms with van der Waals surface area (Å²) >= 11 is 0. The first-order chi connectivity index (χ1) is 17.0. The molecule has 3 aromatic heterocycles. The summed E-state index contributed by atoms with van der Waals surface area (Å²) < 4.78 is 3.12. The lowest BCUT2D eigenvalue weighted by atomic mass is 10.0. The fourth-order valence-corrected chi connectivity index (χ4v) is 4.42. The van der Waals surface area contributed by atoms with Crippen molar-refractivity contribution in [2.75, 3.05) is 12.8 Å². The third kappa shape index (κ3) is 3.91. The van der Waals surface area contributed by atoms with Crippen LogP contribution in [0.4, 0.5) is 5.82 Å². The zero-order valence-corrected chi connectivity index (χ0v) is 19.4. The summed E-state index contributed by atoms with van der Waals surface area (Å²) in [6, 6.07) is 18.3. The van der Waals surface area contributed by atoms with Gasteiger partial charge in [-0.3, -0.25) is 14.2 Å². The summed E-state index contributed by atoms with van der Waals surface area (Å²) in [7, 11) is 1.85. The number of para-hydroxylation sites is 1.